The van der Waals surface area contributed by atoms with Gasteiger partial charge in [0.1, 0.15) is 5.78 Å². The first-order valence-electron chi connectivity index (χ1n) is 16.0. The van der Waals surface area contributed by atoms with Gasteiger partial charge in [0, 0.05) is 31.4 Å². The number of hydrogen-bond acceptors (Lipinski definition) is 7. The van der Waals surface area contributed by atoms with Crippen molar-refractivity contribution in [3.8, 4) is 0 Å². The summed E-state index contributed by atoms with van der Waals surface area (Å²) in [5, 5.41) is 33.8. The third-order valence-electron chi connectivity index (χ3n) is 7.94. The third kappa shape index (κ3) is 16.4. The average Bonchev–Trinajstić information content (AvgIpc) is 2.95. The Hall–Kier alpha value is -2.29. The number of ketones is 1. The third-order valence-corrected chi connectivity index (χ3v) is 7.94. The number of hydrogen-bond donors (Lipinski definition) is 4. The molecule has 0 aliphatic carbocycles. The molecule has 0 saturated heterocycles. The SMILES string of the molecule is CCCC1OC(=O)C(C)=CC(C)CCCCC(=O)CCCC(CC)C=CC=C(C)CCC(O)C(O)CC(O)CNC1=O. The monoisotopic (exact) mass is 591 g/mol. The van der Waals surface area contributed by atoms with Crippen LogP contribution in [-0.2, 0) is 19.1 Å². The molecule has 0 spiro atoms. The molecule has 0 bridgehead atoms. The van der Waals surface area contributed by atoms with Gasteiger partial charge in [-0.1, -0.05) is 63.5 Å². The van der Waals surface area contributed by atoms with Crippen LogP contribution in [0.25, 0.3) is 0 Å². The van der Waals surface area contributed by atoms with Gasteiger partial charge < -0.3 is 25.4 Å². The lowest BCUT2D eigenvalue weighted by Gasteiger charge is -2.22. The number of carbonyl (C=O) groups excluding carboxylic acids is 3. The summed E-state index contributed by atoms with van der Waals surface area (Å²) in [4.78, 5) is 37.9. The summed E-state index contributed by atoms with van der Waals surface area (Å²) < 4.78 is 5.51. The molecule has 0 aromatic rings. The van der Waals surface area contributed by atoms with Crippen LogP contribution in [0.15, 0.2) is 35.5 Å². The molecule has 0 aromatic heterocycles. The highest BCUT2D eigenvalue weighted by Gasteiger charge is 2.25. The number of cyclic esters (lactones) is 1. The highest BCUT2D eigenvalue weighted by Crippen LogP contribution is 2.19. The van der Waals surface area contributed by atoms with Gasteiger partial charge in [-0.05, 0) is 77.0 Å². The van der Waals surface area contributed by atoms with E-state index in [1.165, 1.54) is 0 Å². The fourth-order valence-electron chi connectivity index (χ4n) is 5.10. The summed E-state index contributed by atoms with van der Waals surface area (Å²) in [5.74, 6) is -0.221. The number of Topliss-reactive ketones (excluding diaryl/α,β-unsaturated/α-hetero) is 1. The molecule has 0 aromatic carbocycles. The zero-order valence-electron chi connectivity index (χ0n) is 26.6. The maximum absolute atomic E-state index is 12.8. The van der Waals surface area contributed by atoms with Gasteiger partial charge in [0.2, 0.25) is 0 Å². The molecule has 4 N–H and O–H groups in total. The lowest BCUT2D eigenvalue weighted by atomic mass is 9.95. The Kier molecular flexibility index (Phi) is 19.2. The zero-order chi connectivity index (χ0) is 31.5. The van der Waals surface area contributed by atoms with Gasteiger partial charge in [0.25, 0.3) is 5.91 Å². The number of nitrogens with one attached hydrogen (secondary N) is 1. The fraction of sp³-hybridized carbons (Fsp3) is 0.735. The van der Waals surface area contributed by atoms with Crippen LogP contribution in [0, 0.1) is 11.8 Å². The van der Waals surface area contributed by atoms with E-state index < -0.39 is 36.3 Å². The topological polar surface area (TPSA) is 133 Å². The molecular formula is C34H57NO7. The van der Waals surface area contributed by atoms with Crippen molar-refractivity contribution >= 4 is 17.7 Å². The largest absolute Gasteiger partial charge is 0.449 e. The Bertz CT molecular complexity index is 910. The highest BCUT2D eigenvalue weighted by molar-refractivity contribution is 5.91. The molecule has 0 fully saturated rings. The van der Waals surface area contributed by atoms with Crippen LogP contribution in [0.2, 0.25) is 0 Å². The second kappa shape index (κ2) is 21.4. The molecule has 8 nitrogen and oxygen atoms in total. The first-order chi connectivity index (χ1) is 20.0. The zero-order valence-corrected chi connectivity index (χ0v) is 26.6. The first kappa shape index (κ1) is 37.7. The predicted molar refractivity (Wildman–Crippen MR) is 167 cm³/mol. The molecule has 240 valence electrons. The molecule has 6 atom stereocenters. The smallest absolute Gasteiger partial charge is 0.334 e. The summed E-state index contributed by atoms with van der Waals surface area (Å²) in [5.41, 5.74) is 1.50. The van der Waals surface area contributed by atoms with E-state index in [0.717, 1.165) is 44.1 Å². The van der Waals surface area contributed by atoms with Crippen molar-refractivity contribution in [1.29, 1.82) is 0 Å². The van der Waals surface area contributed by atoms with Crippen molar-refractivity contribution < 1.29 is 34.4 Å². The maximum atomic E-state index is 12.8. The number of amides is 1. The molecule has 1 aliphatic rings. The number of esters is 1. The van der Waals surface area contributed by atoms with Crippen LogP contribution in [0.3, 0.4) is 0 Å². The van der Waals surface area contributed by atoms with E-state index in [4.69, 9.17) is 4.74 Å². The van der Waals surface area contributed by atoms with Crippen molar-refractivity contribution in [3.05, 3.63) is 35.5 Å². The second-order valence-electron chi connectivity index (χ2n) is 12.1. The van der Waals surface area contributed by atoms with Crippen molar-refractivity contribution in [3.63, 3.8) is 0 Å². The van der Waals surface area contributed by atoms with E-state index in [9.17, 15) is 29.7 Å². The molecule has 6 unspecified atom stereocenters. The van der Waals surface area contributed by atoms with E-state index in [2.05, 4.69) is 18.3 Å². The predicted octanol–water partition coefficient (Wildman–Crippen LogP) is 5.49. The minimum Gasteiger partial charge on any atom is -0.449 e. The average molecular weight is 592 g/mol. The maximum Gasteiger partial charge on any atom is 0.334 e. The molecular weight excluding hydrogens is 534 g/mol. The highest BCUT2D eigenvalue weighted by atomic mass is 16.5. The number of carbonyl (C=O) groups is 3. The van der Waals surface area contributed by atoms with Crippen LogP contribution in [-0.4, -0.2) is 63.9 Å². The van der Waals surface area contributed by atoms with Gasteiger partial charge in [-0.25, -0.2) is 4.79 Å². The van der Waals surface area contributed by atoms with Gasteiger partial charge >= 0.3 is 5.97 Å². The minimum atomic E-state index is -1.14. The van der Waals surface area contributed by atoms with Crippen LogP contribution in [0.1, 0.15) is 118 Å². The van der Waals surface area contributed by atoms with E-state index in [0.29, 0.717) is 55.8 Å². The van der Waals surface area contributed by atoms with Crippen molar-refractivity contribution in [2.75, 3.05) is 6.54 Å². The van der Waals surface area contributed by atoms with E-state index >= 15 is 0 Å². The van der Waals surface area contributed by atoms with Gasteiger partial charge in [-0.15, -0.1) is 0 Å². The number of aliphatic hydroxyl groups excluding tert-OH is 3. The Morgan fingerprint density at radius 1 is 0.929 bits per heavy atom. The van der Waals surface area contributed by atoms with E-state index in [1.807, 2.05) is 39.0 Å². The molecule has 0 radical (unpaired) electrons. The molecule has 1 rings (SSSR count). The Morgan fingerprint density at radius 2 is 1.64 bits per heavy atom. The quantitative estimate of drug-likeness (QED) is 0.319. The molecule has 8 heteroatoms. The number of allylic oxidation sites excluding steroid dienone is 5. The van der Waals surface area contributed by atoms with Gasteiger partial charge in [-0.2, -0.15) is 0 Å². The number of β-amino-alcohol motifs (C(OH)–C–C–N with tert-alkyl or cyclic N) is 1. The van der Waals surface area contributed by atoms with E-state index in [-0.39, 0.29) is 18.9 Å². The van der Waals surface area contributed by atoms with Gasteiger partial charge in [0.15, 0.2) is 6.10 Å². The minimum absolute atomic E-state index is 0.0945. The first-order valence-corrected chi connectivity index (χ1v) is 16.0. The van der Waals surface area contributed by atoms with Crippen molar-refractivity contribution in [1.82, 2.24) is 5.32 Å². The summed E-state index contributed by atoms with van der Waals surface area (Å²) in [6.07, 6.45) is 12.3. The van der Waals surface area contributed by atoms with Crippen molar-refractivity contribution in [2.45, 2.75) is 143 Å². The Balaban J connectivity index is 2.93. The molecule has 0 saturated carbocycles. The molecule has 1 heterocycles. The summed E-state index contributed by atoms with van der Waals surface area (Å²) in [6, 6.07) is 0. The molecule has 42 heavy (non-hydrogen) atoms. The van der Waals surface area contributed by atoms with E-state index in [1.54, 1.807) is 6.92 Å². The van der Waals surface area contributed by atoms with Gasteiger partial charge in [-0.3, -0.25) is 9.59 Å². The van der Waals surface area contributed by atoms with Crippen LogP contribution in [0.5, 0.6) is 0 Å². The fourth-order valence-corrected chi connectivity index (χ4v) is 5.10. The summed E-state index contributed by atoms with van der Waals surface area (Å²) >= 11 is 0. The van der Waals surface area contributed by atoms with Crippen LogP contribution in [0.4, 0.5) is 0 Å². The van der Waals surface area contributed by atoms with Crippen LogP contribution < -0.4 is 5.32 Å². The second-order valence-corrected chi connectivity index (χ2v) is 12.1. The molecule has 1 aliphatic heterocycles. The lowest BCUT2D eigenvalue weighted by molar-refractivity contribution is -0.152. The Labute approximate surface area is 253 Å². The lowest BCUT2D eigenvalue weighted by Crippen LogP contribution is -2.42. The summed E-state index contributed by atoms with van der Waals surface area (Å²) in [7, 11) is 0. The standard InChI is InChI=1S/C34H57NO7/c1-6-12-32-33(40)35-23-29(37)22-31(39)30(38)20-19-24(3)14-10-15-27(7-2)16-11-18-28(36)17-9-8-13-25(4)21-26(5)34(41)42-32/h10,14-15,21,25,27,29-32,37-39H,6-9,11-13,16-20,22-23H2,1-5H3,(H,35,40). The van der Waals surface area contributed by atoms with Crippen molar-refractivity contribution in [2.24, 2.45) is 11.8 Å². The number of ether oxygens (including phenoxy) is 1. The number of aliphatic hydroxyl groups is 3. The summed E-state index contributed by atoms with van der Waals surface area (Å²) in [6.45, 7) is 9.58. The van der Waals surface area contributed by atoms with Crippen LogP contribution >= 0.6 is 0 Å². The Morgan fingerprint density at radius 3 is 2.33 bits per heavy atom. The van der Waals surface area contributed by atoms with Gasteiger partial charge in [0.05, 0.1) is 18.3 Å². The number of rotatable bonds is 3. The molecule has 1 amide bonds. The normalized spacial score (nSPS) is 29.9.